The number of nitrogens with one attached hydrogen (secondary N) is 1. The van der Waals surface area contributed by atoms with Gasteiger partial charge in [-0.15, -0.1) is 0 Å². The van der Waals surface area contributed by atoms with Gasteiger partial charge in [-0.25, -0.2) is 0 Å². The normalized spacial score (nSPS) is 19.5. The Labute approximate surface area is 167 Å². The quantitative estimate of drug-likeness (QED) is 0.668. The summed E-state index contributed by atoms with van der Waals surface area (Å²) in [5.74, 6) is 0. The largest absolute Gasteiger partial charge is 0.300 e. The molecule has 4 heterocycles. The summed E-state index contributed by atoms with van der Waals surface area (Å²) < 4.78 is 0. The average molecular weight is 373 g/mol. The van der Waals surface area contributed by atoms with Crippen LogP contribution in [0.1, 0.15) is 66.1 Å². The molecule has 144 valence electrons. The van der Waals surface area contributed by atoms with Gasteiger partial charge in [-0.1, -0.05) is 18.2 Å². The molecule has 1 fully saturated rings. The minimum absolute atomic E-state index is 0.302. The second kappa shape index (κ2) is 9.07. The first-order valence-corrected chi connectivity index (χ1v) is 10.3. The van der Waals surface area contributed by atoms with Crippen molar-refractivity contribution in [1.29, 1.82) is 0 Å². The molecule has 4 nitrogen and oxygen atoms in total. The molecule has 0 spiro atoms. The Morgan fingerprint density at radius 2 is 1.68 bits per heavy atom. The molecule has 0 saturated carbocycles. The number of aryl methyl sites for hydroxylation is 3. The summed E-state index contributed by atoms with van der Waals surface area (Å²) >= 11 is 0. The standard InChI is InChI=1S/C24H28N4/c1-18-8-7-17-26-24(18)23-15-6-14-22(28-23)21-13-5-12-20(27-21)11-4-10-19-9-2-3-16-25-19/h2-3,5,7-9,12-13,16-17,22-23,28H,4,6,10-11,14-15H2,1H3/t22-,23+/m1/s1. The van der Waals surface area contributed by atoms with Crippen LogP contribution in [0, 0.1) is 6.92 Å². The lowest BCUT2D eigenvalue weighted by molar-refractivity contribution is 0.320. The molecule has 0 amide bonds. The molecule has 4 heteroatoms. The van der Waals surface area contributed by atoms with Crippen LogP contribution < -0.4 is 5.32 Å². The minimum atomic E-state index is 0.302. The van der Waals surface area contributed by atoms with Crippen LogP contribution in [-0.2, 0) is 12.8 Å². The van der Waals surface area contributed by atoms with Crippen LogP contribution in [0.4, 0.5) is 0 Å². The second-order valence-electron chi connectivity index (χ2n) is 7.64. The molecule has 3 aromatic rings. The van der Waals surface area contributed by atoms with Crippen molar-refractivity contribution in [2.45, 2.75) is 57.5 Å². The Morgan fingerprint density at radius 3 is 2.54 bits per heavy atom. The van der Waals surface area contributed by atoms with Crippen molar-refractivity contribution >= 4 is 0 Å². The maximum absolute atomic E-state index is 4.97. The van der Waals surface area contributed by atoms with Crippen molar-refractivity contribution in [3.63, 3.8) is 0 Å². The zero-order chi connectivity index (χ0) is 19.2. The van der Waals surface area contributed by atoms with E-state index in [-0.39, 0.29) is 0 Å². The zero-order valence-electron chi connectivity index (χ0n) is 16.5. The fraction of sp³-hybridized carbons (Fsp3) is 0.375. The van der Waals surface area contributed by atoms with Gasteiger partial charge in [-0.3, -0.25) is 15.0 Å². The second-order valence-corrected chi connectivity index (χ2v) is 7.64. The summed E-state index contributed by atoms with van der Waals surface area (Å²) in [6.45, 7) is 2.15. The molecule has 0 unspecified atom stereocenters. The van der Waals surface area contributed by atoms with E-state index in [4.69, 9.17) is 4.98 Å². The average Bonchev–Trinajstić information content (AvgIpc) is 2.75. The van der Waals surface area contributed by atoms with Gasteiger partial charge in [-0.2, -0.15) is 0 Å². The molecule has 0 radical (unpaired) electrons. The van der Waals surface area contributed by atoms with E-state index in [1.54, 1.807) is 0 Å². The van der Waals surface area contributed by atoms with Crippen LogP contribution in [0.2, 0.25) is 0 Å². The van der Waals surface area contributed by atoms with Gasteiger partial charge in [0.1, 0.15) is 0 Å². The number of hydrogen-bond acceptors (Lipinski definition) is 4. The number of pyridine rings is 3. The van der Waals surface area contributed by atoms with Gasteiger partial charge in [0.15, 0.2) is 0 Å². The molecule has 1 aliphatic rings. The van der Waals surface area contributed by atoms with Crippen LogP contribution in [-0.4, -0.2) is 15.0 Å². The van der Waals surface area contributed by atoms with E-state index in [2.05, 4.69) is 58.6 Å². The summed E-state index contributed by atoms with van der Waals surface area (Å²) in [5.41, 5.74) is 5.93. The van der Waals surface area contributed by atoms with Gasteiger partial charge >= 0.3 is 0 Å². The molecule has 1 N–H and O–H groups in total. The van der Waals surface area contributed by atoms with Crippen LogP contribution >= 0.6 is 0 Å². The van der Waals surface area contributed by atoms with Crippen molar-refractivity contribution < 1.29 is 0 Å². The third-order valence-electron chi connectivity index (χ3n) is 5.55. The van der Waals surface area contributed by atoms with Gasteiger partial charge in [0.2, 0.25) is 0 Å². The van der Waals surface area contributed by atoms with Gasteiger partial charge in [0.25, 0.3) is 0 Å². The molecule has 28 heavy (non-hydrogen) atoms. The SMILES string of the molecule is Cc1cccnc1[C@@H]1CCC[C@H](c2cccc(CCCc3ccccn3)n2)N1. The summed E-state index contributed by atoms with van der Waals surface area (Å²) in [6, 6.07) is 17.3. The first-order chi connectivity index (χ1) is 13.8. The third kappa shape index (κ3) is 4.63. The lowest BCUT2D eigenvalue weighted by Crippen LogP contribution is -2.32. The van der Waals surface area contributed by atoms with Crippen LogP contribution in [0.3, 0.4) is 0 Å². The van der Waals surface area contributed by atoms with Crippen molar-refractivity contribution in [3.8, 4) is 0 Å². The van der Waals surface area contributed by atoms with Crippen LogP contribution in [0.5, 0.6) is 0 Å². The molecule has 1 saturated heterocycles. The fourth-order valence-electron chi connectivity index (χ4n) is 4.08. The molecule has 1 aliphatic heterocycles. The summed E-state index contributed by atoms with van der Waals surface area (Å²) in [5, 5.41) is 3.80. The molecule has 3 aromatic heterocycles. The third-order valence-corrected chi connectivity index (χ3v) is 5.55. The molecule has 0 aromatic carbocycles. The van der Waals surface area contributed by atoms with E-state index >= 15 is 0 Å². The number of aromatic nitrogens is 3. The topological polar surface area (TPSA) is 50.7 Å². The van der Waals surface area contributed by atoms with Crippen molar-refractivity contribution in [2.75, 3.05) is 0 Å². The monoisotopic (exact) mass is 372 g/mol. The van der Waals surface area contributed by atoms with Gasteiger partial charge in [0.05, 0.1) is 17.4 Å². The van der Waals surface area contributed by atoms with E-state index in [1.165, 1.54) is 23.4 Å². The molecule has 0 aliphatic carbocycles. The van der Waals surface area contributed by atoms with E-state index in [9.17, 15) is 0 Å². The Balaban J connectivity index is 1.40. The lowest BCUT2D eigenvalue weighted by Gasteiger charge is -2.31. The van der Waals surface area contributed by atoms with Crippen LogP contribution in [0.15, 0.2) is 60.9 Å². The number of nitrogens with zero attached hydrogens (tertiary/aromatic N) is 3. The highest BCUT2D eigenvalue weighted by atomic mass is 15.0. The Hall–Kier alpha value is -2.59. The predicted octanol–water partition coefficient (Wildman–Crippen LogP) is 4.91. The van der Waals surface area contributed by atoms with E-state index in [0.29, 0.717) is 12.1 Å². The molecule has 0 bridgehead atoms. The van der Waals surface area contributed by atoms with Crippen molar-refractivity contribution in [3.05, 3.63) is 89.3 Å². The molecular formula is C24H28N4. The zero-order valence-corrected chi connectivity index (χ0v) is 16.5. The summed E-state index contributed by atoms with van der Waals surface area (Å²) in [7, 11) is 0. The van der Waals surface area contributed by atoms with Crippen LogP contribution in [0.25, 0.3) is 0 Å². The van der Waals surface area contributed by atoms with E-state index < -0.39 is 0 Å². The van der Waals surface area contributed by atoms with Crippen molar-refractivity contribution in [2.24, 2.45) is 0 Å². The molecule has 2 atom stereocenters. The smallest absolute Gasteiger partial charge is 0.0602 e. The first kappa shape index (κ1) is 18.8. The summed E-state index contributed by atoms with van der Waals surface area (Å²) in [6.07, 6.45) is 10.3. The Bertz CT molecular complexity index is 894. The predicted molar refractivity (Wildman–Crippen MR) is 112 cm³/mol. The maximum Gasteiger partial charge on any atom is 0.0602 e. The minimum Gasteiger partial charge on any atom is -0.300 e. The first-order valence-electron chi connectivity index (χ1n) is 10.3. The fourth-order valence-corrected chi connectivity index (χ4v) is 4.08. The maximum atomic E-state index is 4.97. The van der Waals surface area contributed by atoms with Crippen molar-refractivity contribution in [1.82, 2.24) is 20.3 Å². The van der Waals surface area contributed by atoms with E-state index in [1.807, 2.05) is 24.5 Å². The Kier molecular flexibility index (Phi) is 6.07. The van der Waals surface area contributed by atoms with Gasteiger partial charge < -0.3 is 5.32 Å². The van der Waals surface area contributed by atoms with E-state index in [0.717, 1.165) is 43.5 Å². The molecular weight excluding hydrogens is 344 g/mol. The molecule has 4 rings (SSSR count). The highest BCUT2D eigenvalue weighted by Gasteiger charge is 2.26. The lowest BCUT2D eigenvalue weighted by atomic mass is 9.92. The highest BCUT2D eigenvalue weighted by molar-refractivity contribution is 5.23. The number of rotatable bonds is 6. The number of hydrogen-bond donors (Lipinski definition) is 1. The Morgan fingerprint density at radius 1 is 0.857 bits per heavy atom. The highest BCUT2D eigenvalue weighted by Crippen LogP contribution is 2.32. The van der Waals surface area contributed by atoms with Gasteiger partial charge in [-0.05, 0) is 81.3 Å². The van der Waals surface area contributed by atoms with Gasteiger partial charge in [0, 0.05) is 29.8 Å². The summed E-state index contributed by atoms with van der Waals surface area (Å²) in [4.78, 5) is 14.0. The number of piperidine rings is 1.